The van der Waals surface area contributed by atoms with Crippen LogP contribution in [-0.4, -0.2) is 45.4 Å². The van der Waals surface area contributed by atoms with Crippen LogP contribution < -0.4 is 10.0 Å². The highest BCUT2D eigenvalue weighted by Crippen LogP contribution is 2.17. The standard InChI is InChI=1S/C12H27N3O2S/c1-3-7-13-10-12-6-5-9-15(11-12)18(16,17)14-8-4-2/h12-14H,3-11H2,1-2H3. The molecule has 0 aromatic rings. The van der Waals surface area contributed by atoms with Crippen LogP contribution in [0.4, 0.5) is 0 Å². The number of rotatable bonds is 8. The second kappa shape index (κ2) is 8.09. The van der Waals surface area contributed by atoms with Gasteiger partial charge in [0.1, 0.15) is 0 Å². The largest absolute Gasteiger partial charge is 0.316 e. The van der Waals surface area contributed by atoms with Crippen LogP contribution in [-0.2, 0) is 10.2 Å². The average molecular weight is 277 g/mol. The van der Waals surface area contributed by atoms with E-state index in [1.807, 2.05) is 6.92 Å². The summed E-state index contributed by atoms with van der Waals surface area (Å²) in [5.41, 5.74) is 0. The van der Waals surface area contributed by atoms with Gasteiger partial charge in [-0.2, -0.15) is 12.7 Å². The van der Waals surface area contributed by atoms with Crippen LogP contribution in [0.5, 0.6) is 0 Å². The molecule has 1 aliphatic rings. The van der Waals surface area contributed by atoms with Gasteiger partial charge in [-0.1, -0.05) is 13.8 Å². The topological polar surface area (TPSA) is 61.4 Å². The van der Waals surface area contributed by atoms with Gasteiger partial charge in [-0.3, -0.25) is 0 Å². The lowest BCUT2D eigenvalue weighted by Gasteiger charge is -2.32. The Morgan fingerprint density at radius 3 is 2.61 bits per heavy atom. The zero-order chi connectivity index (χ0) is 13.4. The van der Waals surface area contributed by atoms with E-state index in [1.54, 1.807) is 4.31 Å². The normalized spacial score (nSPS) is 22.2. The highest BCUT2D eigenvalue weighted by atomic mass is 32.2. The Bertz CT molecular complexity index is 319. The predicted octanol–water partition coefficient (Wildman–Crippen LogP) is 0.942. The number of piperidine rings is 1. The average Bonchev–Trinajstić information content (AvgIpc) is 2.37. The van der Waals surface area contributed by atoms with Crippen molar-refractivity contribution in [3.05, 3.63) is 0 Å². The number of nitrogens with one attached hydrogen (secondary N) is 2. The second-order valence-electron chi connectivity index (χ2n) is 4.97. The van der Waals surface area contributed by atoms with Crippen molar-refractivity contribution in [3.63, 3.8) is 0 Å². The van der Waals surface area contributed by atoms with Gasteiger partial charge in [0.05, 0.1) is 0 Å². The van der Waals surface area contributed by atoms with Gasteiger partial charge in [-0.15, -0.1) is 0 Å². The zero-order valence-corrected chi connectivity index (χ0v) is 12.4. The van der Waals surface area contributed by atoms with Crippen LogP contribution in [0.3, 0.4) is 0 Å². The molecule has 18 heavy (non-hydrogen) atoms. The van der Waals surface area contributed by atoms with E-state index in [1.165, 1.54) is 0 Å². The lowest BCUT2D eigenvalue weighted by molar-refractivity contribution is 0.258. The summed E-state index contributed by atoms with van der Waals surface area (Å²) in [5, 5.41) is 3.38. The van der Waals surface area contributed by atoms with Gasteiger partial charge in [0.25, 0.3) is 10.2 Å². The fourth-order valence-electron chi connectivity index (χ4n) is 2.22. The summed E-state index contributed by atoms with van der Waals surface area (Å²) in [4.78, 5) is 0. The summed E-state index contributed by atoms with van der Waals surface area (Å²) >= 11 is 0. The van der Waals surface area contributed by atoms with E-state index in [0.29, 0.717) is 25.6 Å². The third-order valence-electron chi connectivity index (χ3n) is 3.22. The van der Waals surface area contributed by atoms with Gasteiger partial charge in [0, 0.05) is 19.6 Å². The van der Waals surface area contributed by atoms with Gasteiger partial charge in [-0.25, -0.2) is 4.72 Å². The van der Waals surface area contributed by atoms with Crippen LogP contribution in [0.1, 0.15) is 39.5 Å². The minimum absolute atomic E-state index is 0.448. The summed E-state index contributed by atoms with van der Waals surface area (Å²) in [7, 11) is -3.25. The molecule has 0 saturated carbocycles. The minimum atomic E-state index is -3.25. The molecule has 1 fully saturated rings. The van der Waals surface area contributed by atoms with Crippen LogP contribution in [0.15, 0.2) is 0 Å². The molecule has 1 aliphatic heterocycles. The molecule has 1 saturated heterocycles. The monoisotopic (exact) mass is 277 g/mol. The van der Waals surface area contributed by atoms with Gasteiger partial charge in [-0.05, 0) is 44.7 Å². The number of hydrogen-bond donors (Lipinski definition) is 2. The first-order chi connectivity index (χ1) is 8.60. The molecule has 108 valence electrons. The van der Waals surface area contributed by atoms with E-state index >= 15 is 0 Å². The molecule has 0 aromatic heterocycles. The van der Waals surface area contributed by atoms with Gasteiger partial charge in [0.15, 0.2) is 0 Å². The molecular formula is C12H27N3O2S. The Hall–Kier alpha value is -0.170. The molecule has 1 atom stereocenters. The fourth-order valence-corrected chi connectivity index (χ4v) is 3.64. The van der Waals surface area contributed by atoms with Crippen molar-refractivity contribution >= 4 is 10.2 Å². The molecule has 1 heterocycles. The van der Waals surface area contributed by atoms with Gasteiger partial charge >= 0.3 is 0 Å². The maximum Gasteiger partial charge on any atom is 0.279 e. The van der Waals surface area contributed by atoms with Crippen molar-refractivity contribution in [3.8, 4) is 0 Å². The zero-order valence-electron chi connectivity index (χ0n) is 11.6. The maximum atomic E-state index is 12.0. The van der Waals surface area contributed by atoms with Crippen molar-refractivity contribution in [2.24, 2.45) is 5.92 Å². The first kappa shape index (κ1) is 15.9. The van der Waals surface area contributed by atoms with Crippen molar-refractivity contribution < 1.29 is 8.42 Å². The van der Waals surface area contributed by atoms with E-state index in [9.17, 15) is 8.42 Å². The molecule has 0 spiro atoms. The number of hydrogen-bond acceptors (Lipinski definition) is 3. The fraction of sp³-hybridized carbons (Fsp3) is 1.00. The first-order valence-electron chi connectivity index (χ1n) is 7.05. The Balaban J connectivity index is 2.42. The first-order valence-corrected chi connectivity index (χ1v) is 8.49. The molecule has 2 N–H and O–H groups in total. The van der Waals surface area contributed by atoms with Crippen molar-refractivity contribution in [2.45, 2.75) is 39.5 Å². The molecule has 0 radical (unpaired) electrons. The van der Waals surface area contributed by atoms with E-state index < -0.39 is 10.2 Å². The smallest absolute Gasteiger partial charge is 0.279 e. The Kier molecular flexibility index (Phi) is 7.14. The van der Waals surface area contributed by atoms with E-state index in [2.05, 4.69) is 17.0 Å². The molecule has 0 bridgehead atoms. The lowest BCUT2D eigenvalue weighted by atomic mass is 10.00. The second-order valence-corrected chi connectivity index (χ2v) is 6.72. The third-order valence-corrected chi connectivity index (χ3v) is 4.80. The summed E-state index contributed by atoms with van der Waals surface area (Å²) < 4.78 is 28.3. The quantitative estimate of drug-likeness (QED) is 0.649. The molecule has 1 rings (SSSR count). The minimum Gasteiger partial charge on any atom is -0.316 e. The van der Waals surface area contributed by atoms with Crippen molar-refractivity contribution in [2.75, 3.05) is 32.7 Å². The lowest BCUT2D eigenvalue weighted by Crippen LogP contribution is -2.47. The molecule has 6 heteroatoms. The maximum absolute atomic E-state index is 12.0. The molecule has 1 unspecified atom stereocenters. The molecule has 0 aromatic carbocycles. The molecular weight excluding hydrogens is 250 g/mol. The van der Waals surface area contributed by atoms with Crippen molar-refractivity contribution in [1.82, 2.24) is 14.3 Å². The van der Waals surface area contributed by atoms with Crippen LogP contribution in [0, 0.1) is 5.92 Å². The van der Waals surface area contributed by atoms with E-state index in [0.717, 1.165) is 38.8 Å². The van der Waals surface area contributed by atoms with E-state index in [4.69, 9.17) is 0 Å². The van der Waals surface area contributed by atoms with Gasteiger partial charge < -0.3 is 5.32 Å². The van der Waals surface area contributed by atoms with Gasteiger partial charge in [0.2, 0.25) is 0 Å². The Morgan fingerprint density at radius 1 is 1.22 bits per heavy atom. The third kappa shape index (κ3) is 5.22. The van der Waals surface area contributed by atoms with E-state index in [-0.39, 0.29) is 0 Å². The van der Waals surface area contributed by atoms with Crippen LogP contribution >= 0.6 is 0 Å². The number of nitrogens with zero attached hydrogens (tertiary/aromatic N) is 1. The van der Waals surface area contributed by atoms with Crippen molar-refractivity contribution in [1.29, 1.82) is 0 Å². The highest BCUT2D eigenvalue weighted by Gasteiger charge is 2.27. The SMILES string of the molecule is CCCNCC1CCCN(S(=O)(=O)NCCC)C1. The summed E-state index contributed by atoms with van der Waals surface area (Å²) in [6, 6.07) is 0. The highest BCUT2D eigenvalue weighted by molar-refractivity contribution is 7.87. The summed E-state index contributed by atoms with van der Waals surface area (Å²) in [5.74, 6) is 0.448. The summed E-state index contributed by atoms with van der Waals surface area (Å²) in [6.45, 7) is 7.87. The summed E-state index contributed by atoms with van der Waals surface area (Å²) in [6.07, 6.45) is 4.03. The van der Waals surface area contributed by atoms with Crippen LogP contribution in [0.2, 0.25) is 0 Å². The Labute approximate surface area is 112 Å². The van der Waals surface area contributed by atoms with Crippen LogP contribution in [0.25, 0.3) is 0 Å². The molecule has 5 nitrogen and oxygen atoms in total. The molecule has 0 aliphatic carbocycles. The predicted molar refractivity (Wildman–Crippen MR) is 74.7 cm³/mol. The Morgan fingerprint density at radius 2 is 1.94 bits per heavy atom. The molecule has 0 amide bonds.